The maximum Gasteiger partial charge on any atom is 0.251 e. The van der Waals surface area contributed by atoms with Crippen molar-refractivity contribution < 1.29 is 4.79 Å². The Hall–Kier alpha value is -1.53. The highest BCUT2D eigenvalue weighted by molar-refractivity contribution is 8.28. The molecule has 0 saturated heterocycles. The van der Waals surface area contributed by atoms with Crippen molar-refractivity contribution >= 4 is 52.0 Å². The minimum atomic E-state index is -0.539. The lowest BCUT2D eigenvalue weighted by molar-refractivity contribution is 0.0953. The van der Waals surface area contributed by atoms with Crippen LogP contribution in [0.15, 0.2) is 52.4 Å². The Morgan fingerprint density at radius 2 is 1.96 bits per heavy atom. The van der Waals surface area contributed by atoms with Crippen LogP contribution in [-0.4, -0.2) is 24.5 Å². The van der Waals surface area contributed by atoms with Gasteiger partial charge in [0, 0.05) is 33.3 Å². The Bertz CT molecular complexity index is 765. The van der Waals surface area contributed by atoms with Crippen LogP contribution in [0.5, 0.6) is 0 Å². The number of hydrogen-bond donors (Lipinski definition) is 3. The van der Waals surface area contributed by atoms with E-state index in [-0.39, 0.29) is 18.3 Å². The number of fused-ring (bicyclic) bond motifs is 1. The standard InChI is InChI=1S/C18H20ClN3OS.ClH/c19-15-5-2-13(3-6-15)11-24-12-22-16-7-4-14(10-17(16)24)18(23)21-9-1-8-20;/h2-7,10,12,24H,1,8-9,11,20H2,(H,21,23);1H. The predicted octanol–water partition coefficient (Wildman–Crippen LogP) is 4.07. The summed E-state index contributed by atoms with van der Waals surface area (Å²) in [6.45, 7) is 1.17. The van der Waals surface area contributed by atoms with Gasteiger partial charge >= 0.3 is 0 Å². The van der Waals surface area contributed by atoms with Gasteiger partial charge in [-0.05, 0) is 48.9 Å². The van der Waals surface area contributed by atoms with Crippen LogP contribution in [0.1, 0.15) is 22.3 Å². The Balaban J connectivity index is 0.00000225. The topological polar surface area (TPSA) is 67.5 Å². The molecule has 0 spiro atoms. The van der Waals surface area contributed by atoms with Crippen LogP contribution in [0.2, 0.25) is 5.02 Å². The Morgan fingerprint density at radius 3 is 2.68 bits per heavy atom. The van der Waals surface area contributed by atoms with Gasteiger partial charge < -0.3 is 11.1 Å². The predicted molar refractivity (Wildman–Crippen MR) is 110 cm³/mol. The van der Waals surface area contributed by atoms with Crippen molar-refractivity contribution in [3.8, 4) is 0 Å². The van der Waals surface area contributed by atoms with E-state index in [1.54, 1.807) is 0 Å². The van der Waals surface area contributed by atoms with E-state index in [1.807, 2.05) is 48.0 Å². The van der Waals surface area contributed by atoms with E-state index < -0.39 is 10.9 Å². The third kappa shape index (κ3) is 4.98. The third-order valence-electron chi connectivity index (χ3n) is 3.82. The molecule has 4 nitrogen and oxygen atoms in total. The average molecular weight is 398 g/mol. The fourth-order valence-corrected chi connectivity index (χ4v) is 4.62. The van der Waals surface area contributed by atoms with Crippen molar-refractivity contribution in [2.45, 2.75) is 17.1 Å². The van der Waals surface area contributed by atoms with Crippen LogP contribution in [0.25, 0.3) is 0 Å². The molecule has 7 heteroatoms. The van der Waals surface area contributed by atoms with Crippen LogP contribution in [0.4, 0.5) is 5.69 Å². The summed E-state index contributed by atoms with van der Waals surface area (Å²) >= 11 is 5.94. The maximum absolute atomic E-state index is 12.2. The minimum absolute atomic E-state index is 0. The molecule has 3 N–H and O–H groups in total. The summed E-state index contributed by atoms with van der Waals surface area (Å²) in [5.74, 6) is 0.848. The number of benzene rings is 2. The molecule has 0 aliphatic carbocycles. The quantitative estimate of drug-likeness (QED) is 0.507. The Morgan fingerprint density at radius 1 is 1.20 bits per heavy atom. The lowest BCUT2D eigenvalue weighted by Gasteiger charge is -2.15. The van der Waals surface area contributed by atoms with Crippen LogP contribution in [0.3, 0.4) is 0 Å². The number of carbonyl (C=O) groups is 1. The molecular weight excluding hydrogens is 377 g/mol. The minimum Gasteiger partial charge on any atom is -0.352 e. The molecule has 2 aromatic carbocycles. The van der Waals surface area contributed by atoms with Gasteiger partial charge in [0.25, 0.3) is 5.91 Å². The van der Waals surface area contributed by atoms with Crippen LogP contribution >= 0.6 is 34.9 Å². The highest BCUT2D eigenvalue weighted by Crippen LogP contribution is 2.48. The highest BCUT2D eigenvalue weighted by atomic mass is 35.5. The summed E-state index contributed by atoms with van der Waals surface area (Å²) < 4.78 is 0. The maximum atomic E-state index is 12.2. The van der Waals surface area contributed by atoms with Crippen LogP contribution in [0, 0.1) is 0 Å². The number of nitrogens with two attached hydrogens (primary N) is 1. The van der Waals surface area contributed by atoms with Crippen molar-refractivity contribution in [3.63, 3.8) is 0 Å². The average Bonchev–Trinajstić information content (AvgIpc) is 2.99. The van der Waals surface area contributed by atoms with Gasteiger partial charge in [-0.15, -0.1) is 12.4 Å². The number of amides is 1. The van der Waals surface area contributed by atoms with Crippen LogP contribution < -0.4 is 11.1 Å². The molecule has 0 fully saturated rings. The first-order chi connectivity index (χ1) is 11.7. The Labute approximate surface area is 161 Å². The number of halogens is 2. The van der Waals surface area contributed by atoms with Crippen molar-refractivity contribution in [2.24, 2.45) is 10.7 Å². The molecule has 3 rings (SSSR count). The van der Waals surface area contributed by atoms with E-state index in [9.17, 15) is 4.79 Å². The summed E-state index contributed by atoms with van der Waals surface area (Å²) in [4.78, 5) is 17.9. The van der Waals surface area contributed by atoms with E-state index in [2.05, 4.69) is 10.3 Å². The number of thiol groups is 1. The smallest absolute Gasteiger partial charge is 0.251 e. The molecule has 0 saturated carbocycles. The second-order valence-electron chi connectivity index (χ2n) is 5.60. The summed E-state index contributed by atoms with van der Waals surface area (Å²) in [5, 5.41) is 3.63. The molecule has 0 aromatic heterocycles. The van der Waals surface area contributed by atoms with E-state index in [0.29, 0.717) is 18.7 Å². The molecule has 1 aliphatic heterocycles. The number of rotatable bonds is 6. The number of nitrogens with one attached hydrogen (secondary N) is 1. The zero-order valence-electron chi connectivity index (χ0n) is 13.6. The first-order valence-electron chi connectivity index (χ1n) is 7.85. The van der Waals surface area contributed by atoms with Gasteiger partial charge in [0.1, 0.15) is 0 Å². The van der Waals surface area contributed by atoms with Gasteiger partial charge in [-0.25, -0.2) is 0 Å². The molecule has 0 bridgehead atoms. The molecule has 1 unspecified atom stereocenters. The van der Waals surface area contributed by atoms with Gasteiger partial charge in [-0.2, -0.15) is 10.9 Å². The second-order valence-corrected chi connectivity index (χ2v) is 8.01. The van der Waals surface area contributed by atoms with Crippen LogP contribution in [-0.2, 0) is 5.75 Å². The zero-order chi connectivity index (χ0) is 16.9. The number of nitrogens with zero attached hydrogens (tertiary/aromatic N) is 1. The van der Waals surface area contributed by atoms with Crippen molar-refractivity contribution in [3.05, 3.63) is 58.6 Å². The van der Waals surface area contributed by atoms with Gasteiger partial charge in [0.2, 0.25) is 0 Å². The fraction of sp³-hybridized carbons (Fsp3) is 0.222. The first-order valence-corrected chi connectivity index (χ1v) is 9.82. The second kappa shape index (κ2) is 9.25. The first kappa shape index (κ1) is 19.8. The van der Waals surface area contributed by atoms with Gasteiger partial charge in [-0.1, -0.05) is 23.7 Å². The highest BCUT2D eigenvalue weighted by Gasteiger charge is 2.18. The summed E-state index contributed by atoms with van der Waals surface area (Å²) in [6.07, 6.45) is 0.781. The molecule has 0 radical (unpaired) electrons. The number of carbonyl (C=O) groups excluding carboxylic acids is 1. The summed E-state index contributed by atoms with van der Waals surface area (Å²) in [6, 6.07) is 13.6. The summed E-state index contributed by atoms with van der Waals surface area (Å²) in [5.41, 5.74) is 10.3. The summed E-state index contributed by atoms with van der Waals surface area (Å²) in [7, 11) is -0.539. The molecule has 134 valence electrons. The largest absolute Gasteiger partial charge is 0.352 e. The molecular formula is C18H21Cl2N3OS. The van der Waals surface area contributed by atoms with E-state index in [4.69, 9.17) is 17.3 Å². The van der Waals surface area contributed by atoms with E-state index in [1.165, 1.54) is 5.56 Å². The molecule has 25 heavy (non-hydrogen) atoms. The van der Waals surface area contributed by atoms with Gasteiger partial charge in [0.15, 0.2) is 0 Å². The monoisotopic (exact) mass is 397 g/mol. The third-order valence-corrected chi connectivity index (χ3v) is 6.14. The fourth-order valence-electron chi connectivity index (χ4n) is 2.52. The number of aliphatic imine (C=N–C) groups is 1. The van der Waals surface area contributed by atoms with E-state index >= 15 is 0 Å². The van der Waals surface area contributed by atoms with Crippen molar-refractivity contribution in [1.29, 1.82) is 0 Å². The van der Waals surface area contributed by atoms with Crippen molar-refractivity contribution in [1.82, 2.24) is 5.32 Å². The van der Waals surface area contributed by atoms with E-state index in [0.717, 1.165) is 27.8 Å². The number of hydrogen-bond acceptors (Lipinski definition) is 3. The molecule has 1 atom stereocenters. The van der Waals surface area contributed by atoms with Crippen molar-refractivity contribution in [2.75, 3.05) is 13.1 Å². The molecule has 2 aromatic rings. The van der Waals surface area contributed by atoms with Gasteiger partial charge in [-0.3, -0.25) is 9.79 Å². The van der Waals surface area contributed by atoms with Gasteiger partial charge in [0.05, 0.1) is 5.69 Å². The molecule has 1 aliphatic rings. The zero-order valence-corrected chi connectivity index (χ0v) is 16.1. The lowest BCUT2D eigenvalue weighted by Crippen LogP contribution is -2.25. The SMILES string of the molecule is Cl.NCCCNC(=O)c1ccc2c(c1)[SH](Cc1ccc(Cl)cc1)C=N2. The lowest BCUT2D eigenvalue weighted by atomic mass is 10.2. The molecule has 1 heterocycles. The molecule has 1 amide bonds. The Kier molecular flexibility index (Phi) is 7.32. The normalized spacial score (nSPS) is 16.2.